The molecule has 2 rings (SSSR count). The number of fused-ring (bicyclic) bond motifs is 1. The van der Waals surface area contributed by atoms with Crippen molar-refractivity contribution in [2.75, 3.05) is 0 Å². The lowest BCUT2D eigenvalue weighted by atomic mass is 10.1. The first kappa shape index (κ1) is 14.1. The van der Waals surface area contributed by atoms with Gasteiger partial charge in [-0.1, -0.05) is 32.3 Å². The second kappa shape index (κ2) is 6.76. The summed E-state index contributed by atoms with van der Waals surface area (Å²) in [6, 6.07) is 9.19. The van der Waals surface area contributed by atoms with E-state index in [2.05, 4.69) is 48.9 Å². The van der Waals surface area contributed by atoms with E-state index < -0.39 is 0 Å². The van der Waals surface area contributed by atoms with E-state index >= 15 is 0 Å². The summed E-state index contributed by atoms with van der Waals surface area (Å²) in [6.45, 7) is 5.45. The summed E-state index contributed by atoms with van der Waals surface area (Å²) in [7, 11) is 0. The van der Waals surface area contributed by atoms with Crippen LogP contribution in [0.15, 0.2) is 30.5 Å². The standard InChI is InChI=1S/C17H26N2/c1-3-4-5-6-10-19-11-9-16-13-15(12-14(2)18)7-8-17(16)19/h7-9,11,13-14H,3-6,10,12,18H2,1-2H3. The van der Waals surface area contributed by atoms with Crippen molar-refractivity contribution in [3.05, 3.63) is 36.0 Å². The van der Waals surface area contributed by atoms with Gasteiger partial charge in [0.1, 0.15) is 0 Å². The van der Waals surface area contributed by atoms with E-state index in [4.69, 9.17) is 5.73 Å². The van der Waals surface area contributed by atoms with Crippen molar-refractivity contribution in [2.24, 2.45) is 5.73 Å². The maximum atomic E-state index is 5.86. The molecule has 0 bridgehead atoms. The zero-order chi connectivity index (χ0) is 13.7. The Morgan fingerprint density at radius 3 is 2.74 bits per heavy atom. The van der Waals surface area contributed by atoms with Gasteiger partial charge < -0.3 is 10.3 Å². The molecule has 1 atom stereocenters. The molecule has 0 fully saturated rings. The molecule has 0 radical (unpaired) electrons. The quantitative estimate of drug-likeness (QED) is 0.744. The van der Waals surface area contributed by atoms with Gasteiger partial charge >= 0.3 is 0 Å². The number of hydrogen-bond acceptors (Lipinski definition) is 1. The molecule has 1 unspecified atom stereocenters. The summed E-state index contributed by atoms with van der Waals surface area (Å²) in [5.74, 6) is 0. The highest BCUT2D eigenvalue weighted by Crippen LogP contribution is 2.19. The molecule has 0 amide bonds. The lowest BCUT2D eigenvalue weighted by Gasteiger charge is -2.07. The second-order valence-corrected chi connectivity index (χ2v) is 5.64. The Hall–Kier alpha value is -1.28. The molecule has 1 heterocycles. The first-order valence-corrected chi connectivity index (χ1v) is 7.54. The molecule has 1 aromatic carbocycles. The largest absolute Gasteiger partial charge is 0.347 e. The minimum Gasteiger partial charge on any atom is -0.347 e. The van der Waals surface area contributed by atoms with Crippen molar-refractivity contribution in [1.82, 2.24) is 4.57 Å². The van der Waals surface area contributed by atoms with E-state index in [0.29, 0.717) is 0 Å². The van der Waals surface area contributed by atoms with Crippen LogP contribution in [0.25, 0.3) is 10.9 Å². The van der Waals surface area contributed by atoms with Crippen LogP contribution >= 0.6 is 0 Å². The fourth-order valence-corrected chi connectivity index (χ4v) is 2.65. The predicted molar refractivity (Wildman–Crippen MR) is 83.4 cm³/mol. The van der Waals surface area contributed by atoms with Crippen LogP contribution in [0.1, 0.15) is 45.1 Å². The highest BCUT2D eigenvalue weighted by atomic mass is 14.9. The number of hydrogen-bond donors (Lipinski definition) is 1. The van der Waals surface area contributed by atoms with Gasteiger partial charge in [-0.3, -0.25) is 0 Å². The third kappa shape index (κ3) is 3.84. The van der Waals surface area contributed by atoms with Crippen LogP contribution in [-0.2, 0) is 13.0 Å². The Balaban J connectivity index is 2.06. The van der Waals surface area contributed by atoms with Gasteiger partial charge in [-0.2, -0.15) is 0 Å². The Bertz CT molecular complexity index is 511. The van der Waals surface area contributed by atoms with Crippen molar-refractivity contribution in [3.8, 4) is 0 Å². The molecule has 2 N–H and O–H groups in total. The Labute approximate surface area is 116 Å². The molecule has 2 aromatic rings. The molecule has 1 aromatic heterocycles. The molecular formula is C17H26N2. The number of aromatic nitrogens is 1. The van der Waals surface area contributed by atoms with E-state index in [0.717, 1.165) is 13.0 Å². The van der Waals surface area contributed by atoms with Crippen molar-refractivity contribution in [2.45, 2.75) is 58.5 Å². The van der Waals surface area contributed by atoms with E-state index in [1.165, 1.54) is 42.1 Å². The third-order valence-corrected chi connectivity index (χ3v) is 3.65. The first-order chi connectivity index (χ1) is 9.20. The minimum absolute atomic E-state index is 0.230. The average molecular weight is 258 g/mol. The van der Waals surface area contributed by atoms with Gasteiger partial charge in [0.2, 0.25) is 0 Å². The lowest BCUT2D eigenvalue weighted by Crippen LogP contribution is -2.17. The second-order valence-electron chi connectivity index (χ2n) is 5.64. The number of rotatable bonds is 7. The fraction of sp³-hybridized carbons (Fsp3) is 0.529. The summed E-state index contributed by atoms with van der Waals surface area (Å²) in [6.07, 6.45) is 8.42. The maximum absolute atomic E-state index is 5.86. The molecule has 0 spiro atoms. The summed E-state index contributed by atoms with van der Waals surface area (Å²) < 4.78 is 2.38. The number of nitrogens with zero attached hydrogens (tertiary/aromatic N) is 1. The summed E-state index contributed by atoms with van der Waals surface area (Å²) in [4.78, 5) is 0. The van der Waals surface area contributed by atoms with Crippen LogP contribution in [0.2, 0.25) is 0 Å². The van der Waals surface area contributed by atoms with Gasteiger partial charge in [0.05, 0.1) is 0 Å². The first-order valence-electron chi connectivity index (χ1n) is 7.54. The maximum Gasteiger partial charge on any atom is 0.0480 e. The normalized spacial score (nSPS) is 13.0. The van der Waals surface area contributed by atoms with Crippen molar-refractivity contribution >= 4 is 10.9 Å². The van der Waals surface area contributed by atoms with Gasteiger partial charge in [0.15, 0.2) is 0 Å². The molecular weight excluding hydrogens is 232 g/mol. The fourth-order valence-electron chi connectivity index (χ4n) is 2.65. The monoisotopic (exact) mass is 258 g/mol. The Kier molecular flexibility index (Phi) is 5.03. The highest BCUT2D eigenvalue weighted by molar-refractivity contribution is 5.80. The van der Waals surface area contributed by atoms with Crippen LogP contribution in [-0.4, -0.2) is 10.6 Å². The molecule has 0 saturated carbocycles. The summed E-state index contributed by atoms with van der Waals surface area (Å²) in [5.41, 5.74) is 8.55. The third-order valence-electron chi connectivity index (χ3n) is 3.65. The Morgan fingerprint density at radius 1 is 1.16 bits per heavy atom. The average Bonchev–Trinajstić information content (AvgIpc) is 2.76. The number of unbranched alkanes of at least 4 members (excludes halogenated alkanes) is 3. The van der Waals surface area contributed by atoms with E-state index in [-0.39, 0.29) is 6.04 Å². The van der Waals surface area contributed by atoms with Gasteiger partial charge in [-0.15, -0.1) is 0 Å². The van der Waals surface area contributed by atoms with Gasteiger partial charge in [0, 0.05) is 24.3 Å². The van der Waals surface area contributed by atoms with Gasteiger partial charge in [0.25, 0.3) is 0 Å². The predicted octanol–water partition coefficient (Wildman–Crippen LogP) is 4.11. The van der Waals surface area contributed by atoms with Crippen LogP contribution in [0, 0.1) is 0 Å². The van der Waals surface area contributed by atoms with E-state index in [9.17, 15) is 0 Å². The van der Waals surface area contributed by atoms with Crippen molar-refractivity contribution in [1.29, 1.82) is 0 Å². The smallest absolute Gasteiger partial charge is 0.0480 e. The number of aryl methyl sites for hydroxylation is 1. The van der Waals surface area contributed by atoms with Crippen molar-refractivity contribution < 1.29 is 0 Å². The summed E-state index contributed by atoms with van der Waals surface area (Å²) in [5, 5.41) is 1.34. The number of benzene rings is 1. The highest BCUT2D eigenvalue weighted by Gasteiger charge is 2.03. The zero-order valence-corrected chi connectivity index (χ0v) is 12.2. The minimum atomic E-state index is 0.230. The molecule has 0 aliphatic rings. The topological polar surface area (TPSA) is 30.9 Å². The van der Waals surface area contributed by atoms with Crippen LogP contribution < -0.4 is 5.73 Å². The molecule has 2 heteroatoms. The zero-order valence-electron chi connectivity index (χ0n) is 12.2. The molecule has 2 nitrogen and oxygen atoms in total. The van der Waals surface area contributed by atoms with Gasteiger partial charge in [-0.05, 0) is 48.9 Å². The van der Waals surface area contributed by atoms with Crippen molar-refractivity contribution in [3.63, 3.8) is 0 Å². The molecule has 0 aliphatic heterocycles. The molecule has 19 heavy (non-hydrogen) atoms. The molecule has 0 aliphatic carbocycles. The lowest BCUT2D eigenvalue weighted by molar-refractivity contribution is 0.593. The van der Waals surface area contributed by atoms with Crippen LogP contribution in [0.3, 0.4) is 0 Å². The van der Waals surface area contributed by atoms with E-state index in [1.807, 2.05) is 0 Å². The van der Waals surface area contributed by atoms with E-state index in [1.54, 1.807) is 0 Å². The SMILES string of the molecule is CCCCCCn1ccc2cc(CC(C)N)ccc21. The van der Waals surface area contributed by atoms with Crippen LogP contribution in [0.5, 0.6) is 0 Å². The summed E-state index contributed by atoms with van der Waals surface area (Å²) >= 11 is 0. The molecule has 104 valence electrons. The number of nitrogens with two attached hydrogens (primary N) is 1. The molecule has 0 saturated heterocycles. The van der Waals surface area contributed by atoms with Gasteiger partial charge in [-0.25, -0.2) is 0 Å². The van der Waals surface area contributed by atoms with Crippen LogP contribution in [0.4, 0.5) is 0 Å². The Morgan fingerprint density at radius 2 is 2.00 bits per heavy atom.